The van der Waals surface area contributed by atoms with Gasteiger partial charge in [0, 0.05) is 6.42 Å². The van der Waals surface area contributed by atoms with Crippen molar-refractivity contribution in [1.82, 2.24) is 19.8 Å². The van der Waals surface area contributed by atoms with Gasteiger partial charge >= 0.3 is 0 Å². The minimum atomic E-state index is 0.336. The summed E-state index contributed by atoms with van der Waals surface area (Å²) in [6.07, 6.45) is 0.772. The van der Waals surface area contributed by atoms with Gasteiger partial charge in [-0.05, 0) is 28.5 Å². The summed E-state index contributed by atoms with van der Waals surface area (Å²) in [5.74, 6) is 1.51. The number of hydrogen-bond acceptors (Lipinski definition) is 5. The molecule has 0 N–H and O–H groups in total. The zero-order valence-electron chi connectivity index (χ0n) is 14.4. The van der Waals surface area contributed by atoms with Gasteiger partial charge in [-0.3, -0.25) is 0 Å². The van der Waals surface area contributed by atoms with Crippen LogP contribution in [-0.2, 0) is 13.0 Å². The Morgan fingerprint density at radius 1 is 0.852 bits per heavy atom. The van der Waals surface area contributed by atoms with Crippen molar-refractivity contribution in [2.75, 3.05) is 0 Å². The molecule has 0 saturated heterocycles. The first-order valence-corrected chi connectivity index (χ1v) is 9.53. The summed E-state index contributed by atoms with van der Waals surface area (Å²) in [6, 6.07) is 24.5. The Labute approximate surface area is 159 Å². The van der Waals surface area contributed by atoms with Crippen molar-refractivity contribution < 1.29 is 4.74 Å². The van der Waals surface area contributed by atoms with Crippen LogP contribution in [0.5, 0.6) is 5.75 Å². The number of nitrogens with zero attached hydrogens (tertiary/aromatic N) is 4. The summed E-state index contributed by atoms with van der Waals surface area (Å²) in [4.78, 5) is 0.789. The molecule has 0 atom stereocenters. The number of benzene rings is 3. The van der Waals surface area contributed by atoms with Crippen LogP contribution in [-0.4, -0.2) is 19.8 Å². The molecule has 132 valence electrons. The van der Waals surface area contributed by atoms with Crippen LogP contribution in [0.2, 0.25) is 0 Å². The lowest BCUT2D eigenvalue weighted by Crippen LogP contribution is -2.02. The molecule has 0 spiro atoms. The lowest BCUT2D eigenvalue weighted by atomic mass is 10.0. The molecular weight excluding hydrogens is 356 g/mol. The van der Waals surface area contributed by atoms with E-state index in [9.17, 15) is 0 Å². The Morgan fingerprint density at radius 3 is 2.59 bits per heavy atom. The molecular formula is C21H16N4OS. The topological polar surface area (TPSA) is 52.3 Å². The normalized spacial score (nSPS) is 11.3. The molecule has 0 fully saturated rings. The predicted octanol–water partition coefficient (Wildman–Crippen LogP) is 4.51. The lowest BCUT2D eigenvalue weighted by molar-refractivity contribution is 0.292. The number of aromatic nitrogens is 4. The molecule has 0 amide bonds. The largest absolute Gasteiger partial charge is 0.486 e. The molecule has 0 aliphatic carbocycles. The third-order valence-electron chi connectivity index (χ3n) is 4.43. The summed E-state index contributed by atoms with van der Waals surface area (Å²) in [7, 11) is 0. The Hall–Kier alpha value is -3.25. The number of para-hydroxylation sites is 1. The van der Waals surface area contributed by atoms with Crippen LogP contribution >= 0.6 is 11.3 Å². The Bertz CT molecular complexity index is 1210. The van der Waals surface area contributed by atoms with E-state index in [4.69, 9.17) is 9.84 Å². The monoisotopic (exact) mass is 372 g/mol. The van der Waals surface area contributed by atoms with Crippen molar-refractivity contribution >= 4 is 27.1 Å². The maximum atomic E-state index is 5.78. The van der Waals surface area contributed by atoms with Gasteiger partial charge in [0.1, 0.15) is 17.4 Å². The Kier molecular flexibility index (Phi) is 4.03. The molecule has 0 saturated carbocycles. The van der Waals surface area contributed by atoms with Crippen LogP contribution in [0.1, 0.15) is 16.4 Å². The van der Waals surface area contributed by atoms with Crippen LogP contribution in [0, 0.1) is 0 Å². The molecule has 0 aliphatic rings. The first-order chi connectivity index (χ1) is 13.4. The van der Waals surface area contributed by atoms with Gasteiger partial charge in [0.25, 0.3) is 0 Å². The summed E-state index contributed by atoms with van der Waals surface area (Å²) in [6.45, 7) is 0.336. The molecule has 5 aromatic rings. The first kappa shape index (κ1) is 16.0. The smallest absolute Gasteiger partial charge is 0.234 e. The van der Waals surface area contributed by atoms with Crippen molar-refractivity contribution in [1.29, 1.82) is 0 Å². The zero-order chi connectivity index (χ0) is 18.1. The van der Waals surface area contributed by atoms with Gasteiger partial charge < -0.3 is 4.74 Å². The number of hydrogen-bond donors (Lipinski definition) is 0. The van der Waals surface area contributed by atoms with Gasteiger partial charge in [-0.15, -0.1) is 10.2 Å². The standard InChI is InChI=1S/C21H16N4OS/c1-2-10-17(11-3-1)26-14-19-22-23-21-25(19)24-20(27-21)13-16-9-6-8-15-7-4-5-12-18(15)16/h1-12H,13-14H2. The number of fused-ring (bicyclic) bond motifs is 2. The second-order valence-electron chi connectivity index (χ2n) is 6.22. The zero-order valence-corrected chi connectivity index (χ0v) is 15.3. The van der Waals surface area contributed by atoms with Gasteiger partial charge in [-0.1, -0.05) is 72.0 Å². The molecule has 2 heterocycles. The van der Waals surface area contributed by atoms with Gasteiger partial charge in [-0.2, -0.15) is 9.61 Å². The highest BCUT2D eigenvalue weighted by molar-refractivity contribution is 7.16. The molecule has 6 heteroatoms. The average Bonchev–Trinajstić information content (AvgIpc) is 3.28. The van der Waals surface area contributed by atoms with Crippen LogP contribution in [0.15, 0.2) is 72.8 Å². The summed E-state index contributed by atoms with van der Waals surface area (Å²) in [5.41, 5.74) is 1.26. The van der Waals surface area contributed by atoms with Crippen LogP contribution < -0.4 is 4.74 Å². The van der Waals surface area contributed by atoms with Crippen molar-refractivity contribution in [2.45, 2.75) is 13.0 Å². The Morgan fingerprint density at radius 2 is 1.67 bits per heavy atom. The highest BCUT2D eigenvalue weighted by Gasteiger charge is 2.13. The summed E-state index contributed by atoms with van der Waals surface area (Å²) in [5, 5.41) is 16.7. The van der Waals surface area contributed by atoms with Crippen molar-refractivity contribution in [3.05, 3.63) is 89.2 Å². The number of rotatable bonds is 5. The lowest BCUT2D eigenvalue weighted by Gasteiger charge is -2.04. The van der Waals surface area contributed by atoms with E-state index in [1.54, 1.807) is 15.9 Å². The second kappa shape index (κ2) is 6.81. The fourth-order valence-electron chi connectivity index (χ4n) is 3.13. The fourth-order valence-corrected chi connectivity index (χ4v) is 4.01. The molecule has 2 aromatic heterocycles. The highest BCUT2D eigenvalue weighted by atomic mass is 32.1. The molecule has 5 nitrogen and oxygen atoms in total. The van der Waals surface area contributed by atoms with E-state index in [1.165, 1.54) is 16.3 Å². The van der Waals surface area contributed by atoms with Crippen molar-refractivity contribution in [3.8, 4) is 5.75 Å². The maximum absolute atomic E-state index is 5.78. The SMILES string of the molecule is c1ccc(OCc2nnc3sc(Cc4cccc5ccccc45)nn23)cc1. The van der Waals surface area contributed by atoms with E-state index in [0.717, 1.165) is 22.1 Å². The van der Waals surface area contributed by atoms with Gasteiger partial charge in [0.2, 0.25) is 4.96 Å². The third kappa shape index (κ3) is 3.15. The minimum Gasteiger partial charge on any atom is -0.486 e. The number of ether oxygens (including phenoxy) is 1. The van der Waals surface area contributed by atoms with Gasteiger partial charge in [0.15, 0.2) is 5.82 Å². The molecule has 5 rings (SSSR count). The quantitative estimate of drug-likeness (QED) is 0.455. The van der Waals surface area contributed by atoms with E-state index in [0.29, 0.717) is 12.4 Å². The molecule has 3 aromatic carbocycles. The van der Waals surface area contributed by atoms with Crippen LogP contribution in [0.4, 0.5) is 0 Å². The maximum Gasteiger partial charge on any atom is 0.234 e. The van der Waals surface area contributed by atoms with Crippen molar-refractivity contribution in [3.63, 3.8) is 0 Å². The average molecular weight is 372 g/mol. The molecule has 0 bridgehead atoms. The molecule has 0 radical (unpaired) electrons. The van der Waals surface area contributed by atoms with E-state index >= 15 is 0 Å². The fraction of sp³-hybridized carbons (Fsp3) is 0.0952. The first-order valence-electron chi connectivity index (χ1n) is 8.71. The summed E-state index contributed by atoms with van der Waals surface area (Å²) < 4.78 is 7.57. The molecule has 0 unspecified atom stereocenters. The van der Waals surface area contributed by atoms with Crippen LogP contribution in [0.3, 0.4) is 0 Å². The van der Waals surface area contributed by atoms with E-state index in [2.05, 4.69) is 52.7 Å². The van der Waals surface area contributed by atoms with E-state index < -0.39 is 0 Å². The second-order valence-corrected chi connectivity index (χ2v) is 7.26. The predicted molar refractivity (Wildman–Crippen MR) is 106 cm³/mol. The minimum absolute atomic E-state index is 0.336. The highest BCUT2D eigenvalue weighted by Crippen LogP contribution is 2.24. The van der Waals surface area contributed by atoms with E-state index in [1.807, 2.05) is 30.3 Å². The van der Waals surface area contributed by atoms with Crippen LogP contribution in [0.25, 0.3) is 15.7 Å². The van der Waals surface area contributed by atoms with Crippen molar-refractivity contribution in [2.24, 2.45) is 0 Å². The van der Waals surface area contributed by atoms with E-state index in [-0.39, 0.29) is 0 Å². The third-order valence-corrected chi connectivity index (χ3v) is 5.33. The Balaban J connectivity index is 1.41. The van der Waals surface area contributed by atoms with Gasteiger partial charge in [-0.25, -0.2) is 0 Å². The molecule has 27 heavy (non-hydrogen) atoms. The summed E-state index contributed by atoms with van der Waals surface area (Å²) >= 11 is 1.57. The molecule has 0 aliphatic heterocycles. The van der Waals surface area contributed by atoms with Gasteiger partial charge in [0.05, 0.1) is 0 Å².